The lowest BCUT2D eigenvalue weighted by Gasteiger charge is -2.22. The van der Waals surface area contributed by atoms with Crippen LogP contribution >= 0.6 is 0 Å². The van der Waals surface area contributed by atoms with Crippen LogP contribution in [0, 0.1) is 0 Å². The van der Waals surface area contributed by atoms with Crippen LogP contribution in [0.15, 0.2) is 78.9 Å². The fourth-order valence-corrected chi connectivity index (χ4v) is 7.06. The zero-order valence-corrected chi connectivity index (χ0v) is 33.0. The first-order valence-electron chi connectivity index (χ1n) is 19.8. The third-order valence-corrected chi connectivity index (χ3v) is 10.1. The van der Waals surface area contributed by atoms with Crippen LogP contribution in [0.3, 0.4) is 0 Å². The number of alkyl halides is 4. The van der Waals surface area contributed by atoms with Crippen molar-refractivity contribution in [3.8, 4) is 62.8 Å². The van der Waals surface area contributed by atoms with E-state index in [1.54, 1.807) is 13.8 Å². The Bertz CT molecular complexity index is 2970. The van der Waals surface area contributed by atoms with Gasteiger partial charge in [-0.25, -0.2) is 34.3 Å². The number of nitrogens with zero attached hydrogens (tertiary/aromatic N) is 7. The van der Waals surface area contributed by atoms with Gasteiger partial charge >= 0.3 is 6.11 Å². The number of ether oxygens (including phenoxy) is 3. The van der Waals surface area contributed by atoms with Crippen LogP contribution in [-0.2, 0) is 0 Å². The van der Waals surface area contributed by atoms with Gasteiger partial charge < -0.3 is 24.0 Å². The number of benzene rings is 4. The Labute approximate surface area is 340 Å². The third-order valence-electron chi connectivity index (χ3n) is 10.1. The molecule has 16 heteroatoms. The molecule has 8 bridgehead atoms. The molecule has 60 heavy (non-hydrogen) atoms. The van der Waals surface area contributed by atoms with Crippen molar-refractivity contribution >= 4 is 44.1 Å². The Morgan fingerprint density at radius 3 is 1.67 bits per heavy atom. The number of aromatic amines is 1. The van der Waals surface area contributed by atoms with Crippen molar-refractivity contribution < 1.29 is 36.6 Å². The molecular weight excluding hydrogens is 781 g/mol. The van der Waals surface area contributed by atoms with Crippen LogP contribution in [0.5, 0.6) is 17.2 Å². The molecule has 2 atom stereocenters. The molecule has 3 aromatic heterocycles. The fourth-order valence-electron chi connectivity index (χ4n) is 7.06. The molecule has 306 valence electrons. The summed E-state index contributed by atoms with van der Waals surface area (Å²) < 4.78 is 79.4. The van der Waals surface area contributed by atoms with Crippen LogP contribution < -0.4 is 19.0 Å². The number of H-pyrrole nitrogens is 1. The lowest BCUT2D eigenvalue weighted by molar-refractivity contribution is -0.178. The number of nitrogens with one attached hydrogen (secondary N) is 1. The summed E-state index contributed by atoms with van der Waals surface area (Å²) in [5.41, 5.74) is 3.18. The van der Waals surface area contributed by atoms with E-state index in [9.17, 15) is 0 Å². The second-order valence-corrected chi connectivity index (χ2v) is 14.1. The van der Waals surface area contributed by atoms with Gasteiger partial charge in [-0.05, 0) is 12.5 Å². The number of fused-ring (bicyclic) bond motifs is 20. The highest BCUT2D eigenvalue weighted by Crippen LogP contribution is 2.49. The minimum atomic E-state index is -3.65. The summed E-state index contributed by atoms with van der Waals surface area (Å²) in [6, 6.07) is 23.3. The van der Waals surface area contributed by atoms with E-state index in [1.165, 1.54) is 17.7 Å². The van der Waals surface area contributed by atoms with Gasteiger partial charge in [0.15, 0.2) is 46.1 Å². The summed E-state index contributed by atoms with van der Waals surface area (Å²) in [6.45, 7) is 6.46. The van der Waals surface area contributed by atoms with Crippen molar-refractivity contribution in [2.75, 3.05) is 6.61 Å². The predicted octanol–water partition coefficient (Wildman–Crippen LogP) is 10.7. The van der Waals surface area contributed by atoms with E-state index in [1.807, 2.05) is 79.7 Å². The highest BCUT2D eigenvalue weighted by Gasteiger charge is 2.34. The molecule has 4 aromatic carbocycles. The summed E-state index contributed by atoms with van der Waals surface area (Å²) in [5, 5.41) is 1.71. The first-order valence-corrected chi connectivity index (χ1v) is 19.8. The van der Waals surface area contributed by atoms with Crippen LogP contribution in [-0.4, -0.2) is 65.0 Å². The van der Waals surface area contributed by atoms with Crippen LogP contribution in [0.1, 0.15) is 53.4 Å². The van der Waals surface area contributed by atoms with Crippen molar-refractivity contribution in [2.45, 2.75) is 72.2 Å². The third kappa shape index (κ3) is 6.74. The molecule has 12 nitrogen and oxygen atoms in total. The van der Waals surface area contributed by atoms with E-state index in [0.29, 0.717) is 39.4 Å². The molecule has 7 aromatic rings. The second kappa shape index (κ2) is 15.4. The predicted molar refractivity (Wildman–Crippen MR) is 219 cm³/mol. The van der Waals surface area contributed by atoms with Gasteiger partial charge in [0.05, 0.1) is 12.0 Å². The van der Waals surface area contributed by atoms with Crippen LogP contribution in [0.25, 0.3) is 89.7 Å². The van der Waals surface area contributed by atoms with Gasteiger partial charge in [-0.3, -0.25) is 0 Å². The summed E-state index contributed by atoms with van der Waals surface area (Å²) in [7, 11) is 0. The first kappa shape index (κ1) is 38.7. The Morgan fingerprint density at radius 1 is 0.633 bits per heavy atom. The molecule has 0 spiro atoms. The molecule has 1 N–H and O–H groups in total. The summed E-state index contributed by atoms with van der Waals surface area (Å²) in [6.07, 6.45) is -7.47. The standard InChI is InChI=1S/C44H38F4N8O4/c1-5-21-57-35-33-29(22-30(59-44(47,48)8-4)34(35)58-31(45)6-2)40-51-36-23-15-9-11-17-25(23)38(49-36)54-42-27-19-13-14-20-28(27)43(56(42)60-32(46)7-3)55-39-26-18-12-10-16-24(26)37(50-39)52-41(33)53-40/h9-20,22,31-32H,5-8,21H2,1-4H3,(H,49,50,51,52,53,54,55). The average Bonchev–Trinajstić information content (AvgIpc) is 3.97. The second-order valence-electron chi connectivity index (χ2n) is 14.1. The average molecular weight is 819 g/mol. The van der Waals surface area contributed by atoms with Crippen LogP contribution in [0.2, 0.25) is 0 Å². The van der Waals surface area contributed by atoms with Gasteiger partial charge in [-0.1, -0.05) is 100 Å². The molecule has 0 radical (unpaired) electrons. The normalized spacial score (nSPS) is 13.2. The number of aromatic nitrogens is 8. The van der Waals surface area contributed by atoms with E-state index < -0.39 is 31.0 Å². The molecule has 0 saturated heterocycles. The quantitative estimate of drug-likeness (QED) is 0.119. The molecule has 2 aliphatic rings. The highest BCUT2D eigenvalue weighted by atomic mass is 19.3. The summed E-state index contributed by atoms with van der Waals surface area (Å²) in [5.74, 6) is 0.0172. The van der Waals surface area contributed by atoms with E-state index in [4.69, 9.17) is 49.0 Å². The topological polar surface area (TPSA) is 135 Å². The van der Waals surface area contributed by atoms with Gasteiger partial charge in [0.1, 0.15) is 11.3 Å². The van der Waals surface area contributed by atoms with Gasteiger partial charge in [0.25, 0.3) is 6.36 Å². The number of hydrogen-bond acceptors (Lipinski definition) is 10. The minimum absolute atomic E-state index is 0.0450. The van der Waals surface area contributed by atoms with Crippen molar-refractivity contribution in [3.05, 3.63) is 78.9 Å². The molecule has 5 heterocycles. The van der Waals surface area contributed by atoms with Crippen molar-refractivity contribution in [3.63, 3.8) is 0 Å². The Kier molecular flexibility index (Phi) is 9.92. The van der Waals surface area contributed by atoms with E-state index >= 15 is 17.6 Å². The van der Waals surface area contributed by atoms with Gasteiger partial charge in [-0.2, -0.15) is 13.2 Å². The van der Waals surface area contributed by atoms with Crippen molar-refractivity contribution in [1.29, 1.82) is 0 Å². The Hall–Kier alpha value is -6.84. The highest BCUT2D eigenvalue weighted by molar-refractivity contribution is 6.11. The van der Waals surface area contributed by atoms with Crippen molar-refractivity contribution in [1.82, 2.24) is 39.6 Å². The molecule has 0 saturated carbocycles. The maximum absolute atomic E-state index is 15.4. The van der Waals surface area contributed by atoms with Gasteiger partial charge in [-0.15, -0.1) is 4.73 Å². The lowest BCUT2D eigenvalue weighted by atomic mass is 10.1. The van der Waals surface area contributed by atoms with E-state index in [0.717, 1.165) is 0 Å². The largest absolute Gasteiger partial charge is 0.489 e. The van der Waals surface area contributed by atoms with E-state index in [-0.39, 0.29) is 87.6 Å². The van der Waals surface area contributed by atoms with Crippen molar-refractivity contribution in [2.24, 2.45) is 0 Å². The minimum Gasteiger partial charge on any atom is -0.489 e. The molecule has 2 aliphatic heterocycles. The zero-order valence-electron chi connectivity index (χ0n) is 33.0. The first-order chi connectivity index (χ1) is 29.1. The van der Waals surface area contributed by atoms with Gasteiger partial charge in [0.2, 0.25) is 12.1 Å². The zero-order chi connectivity index (χ0) is 41.7. The fraction of sp³-hybridized carbons (Fsp3) is 0.273. The summed E-state index contributed by atoms with van der Waals surface area (Å²) >= 11 is 0. The Morgan fingerprint density at radius 2 is 1.15 bits per heavy atom. The molecule has 0 fully saturated rings. The van der Waals surface area contributed by atoms with Crippen LogP contribution in [0.4, 0.5) is 17.6 Å². The molecule has 9 rings (SSSR count). The number of hydrogen-bond donors (Lipinski definition) is 1. The summed E-state index contributed by atoms with van der Waals surface area (Å²) in [4.78, 5) is 39.0. The smallest absolute Gasteiger partial charge is 0.397 e. The maximum atomic E-state index is 15.4. The monoisotopic (exact) mass is 818 g/mol. The number of halogens is 4. The van der Waals surface area contributed by atoms with Gasteiger partial charge in [0, 0.05) is 57.7 Å². The van der Waals surface area contributed by atoms with E-state index in [2.05, 4.69) is 4.98 Å². The Balaban J connectivity index is 1.49. The molecule has 0 aliphatic carbocycles. The maximum Gasteiger partial charge on any atom is 0.397 e. The molecule has 2 unspecified atom stereocenters. The molecule has 0 amide bonds. The lowest BCUT2D eigenvalue weighted by Crippen LogP contribution is -2.24. The SMILES string of the molecule is CCCOc1c(OC(F)CC)c(OC(F)(F)CC)cc2c3nc4nc(nc5c6ccccc6c(nc6nc(nc([nH]3)c12)-c1ccccc1-6)n5OC(F)CC)-c1ccccc1-4. The number of rotatable bonds is 12. The molecular formula is C44H38F4N8O4.